The van der Waals surface area contributed by atoms with Crippen LogP contribution in [0.3, 0.4) is 0 Å². The average molecular weight is 190 g/mol. The Labute approximate surface area is 85.5 Å². The van der Waals surface area contributed by atoms with E-state index < -0.39 is 0 Å². The maximum absolute atomic E-state index is 6.01. The van der Waals surface area contributed by atoms with Gasteiger partial charge in [0.25, 0.3) is 0 Å². The molecule has 14 heavy (non-hydrogen) atoms. The van der Waals surface area contributed by atoms with Crippen molar-refractivity contribution in [3.8, 4) is 0 Å². The summed E-state index contributed by atoms with van der Waals surface area (Å²) in [6.45, 7) is 5.14. The second kappa shape index (κ2) is 3.28. The van der Waals surface area contributed by atoms with Crippen LogP contribution in [0.4, 0.5) is 5.69 Å². The van der Waals surface area contributed by atoms with Gasteiger partial charge in [-0.1, -0.05) is 6.07 Å². The van der Waals surface area contributed by atoms with E-state index in [9.17, 15) is 0 Å². The van der Waals surface area contributed by atoms with E-state index in [1.54, 1.807) is 0 Å². The molecule has 0 unspecified atom stereocenters. The van der Waals surface area contributed by atoms with Crippen molar-refractivity contribution in [2.45, 2.75) is 32.2 Å². The van der Waals surface area contributed by atoms with Crippen molar-refractivity contribution in [3.63, 3.8) is 0 Å². The quantitative estimate of drug-likeness (QED) is 0.767. The van der Waals surface area contributed by atoms with Gasteiger partial charge in [0.1, 0.15) is 0 Å². The fourth-order valence-corrected chi connectivity index (χ4v) is 1.69. The fraction of sp³-hybridized carbons (Fsp3) is 0.500. The van der Waals surface area contributed by atoms with E-state index in [0.29, 0.717) is 0 Å². The average Bonchev–Trinajstić information content (AvgIpc) is 2.80. The van der Waals surface area contributed by atoms with Gasteiger partial charge < -0.3 is 11.1 Å². The van der Waals surface area contributed by atoms with Crippen LogP contribution in [0.5, 0.6) is 0 Å². The molecule has 0 amide bonds. The molecule has 0 spiro atoms. The summed E-state index contributed by atoms with van der Waals surface area (Å²) in [5.41, 5.74) is 9.88. The first kappa shape index (κ1) is 9.53. The summed E-state index contributed by atoms with van der Waals surface area (Å²) in [7, 11) is 0. The summed E-state index contributed by atoms with van der Waals surface area (Å²) in [4.78, 5) is 0. The standard InChI is InChI=1S/C12H18N2/c1-9-5-10(2)7-11(6-9)14-8-12(13)3-4-12/h5-7,14H,3-4,8,13H2,1-2H3. The van der Waals surface area contributed by atoms with Gasteiger partial charge >= 0.3 is 0 Å². The molecule has 76 valence electrons. The van der Waals surface area contributed by atoms with Gasteiger partial charge in [0.2, 0.25) is 0 Å². The Bertz CT molecular complexity index is 320. The molecule has 1 aliphatic rings. The highest BCUT2D eigenvalue weighted by molar-refractivity contribution is 5.48. The lowest BCUT2D eigenvalue weighted by molar-refractivity contribution is 0.713. The molecule has 0 heterocycles. The van der Waals surface area contributed by atoms with Crippen LogP contribution < -0.4 is 11.1 Å². The van der Waals surface area contributed by atoms with Crippen molar-refractivity contribution >= 4 is 5.69 Å². The summed E-state index contributed by atoms with van der Waals surface area (Å²) in [5.74, 6) is 0. The number of aryl methyl sites for hydroxylation is 2. The van der Waals surface area contributed by atoms with Crippen molar-refractivity contribution < 1.29 is 0 Å². The Morgan fingerprint density at radius 2 is 1.79 bits per heavy atom. The second-order valence-electron chi connectivity index (χ2n) is 4.59. The molecule has 2 rings (SSSR count). The Morgan fingerprint density at radius 1 is 1.21 bits per heavy atom. The van der Waals surface area contributed by atoms with Gasteiger partial charge in [0.05, 0.1) is 0 Å². The van der Waals surface area contributed by atoms with E-state index in [1.807, 2.05) is 0 Å². The molecule has 1 saturated carbocycles. The van der Waals surface area contributed by atoms with Gasteiger partial charge in [0.15, 0.2) is 0 Å². The van der Waals surface area contributed by atoms with Crippen molar-refractivity contribution in [2.75, 3.05) is 11.9 Å². The van der Waals surface area contributed by atoms with Gasteiger partial charge in [-0.3, -0.25) is 0 Å². The van der Waals surface area contributed by atoms with Crippen LogP contribution in [0.1, 0.15) is 24.0 Å². The molecule has 1 aliphatic carbocycles. The monoisotopic (exact) mass is 190 g/mol. The number of benzene rings is 1. The topological polar surface area (TPSA) is 38.0 Å². The highest BCUT2D eigenvalue weighted by atomic mass is 15.0. The van der Waals surface area contributed by atoms with Crippen LogP contribution in [0.2, 0.25) is 0 Å². The zero-order valence-electron chi connectivity index (χ0n) is 8.93. The lowest BCUT2D eigenvalue weighted by Gasteiger charge is -2.12. The Morgan fingerprint density at radius 3 is 2.29 bits per heavy atom. The molecule has 1 fully saturated rings. The van der Waals surface area contributed by atoms with E-state index in [4.69, 9.17) is 5.73 Å². The third-order valence-electron chi connectivity index (χ3n) is 2.76. The molecule has 2 heteroatoms. The number of hydrogen-bond donors (Lipinski definition) is 2. The second-order valence-corrected chi connectivity index (χ2v) is 4.59. The van der Waals surface area contributed by atoms with Crippen LogP contribution in [0, 0.1) is 13.8 Å². The highest BCUT2D eigenvalue weighted by Crippen LogP contribution is 2.32. The van der Waals surface area contributed by atoms with Crippen molar-refractivity contribution in [1.29, 1.82) is 0 Å². The summed E-state index contributed by atoms with van der Waals surface area (Å²) >= 11 is 0. The van der Waals surface area contributed by atoms with Gasteiger partial charge in [-0.25, -0.2) is 0 Å². The zero-order valence-corrected chi connectivity index (χ0v) is 8.93. The van der Waals surface area contributed by atoms with E-state index >= 15 is 0 Å². The normalized spacial score (nSPS) is 17.9. The molecular weight excluding hydrogens is 172 g/mol. The molecule has 1 aromatic rings. The molecule has 0 radical (unpaired) electrons. The van der Waals surface area contributed by atoms with Crippen LogP contribution in [0.25, 0.3) is 0 Å². The van der Waals surface area contributed by atoms with Crippen molar-refractivity contribution in [1.82, 2.24) is 0 Å². The molecule has 2 nitrogen and oxygen atoms in total. The smallest absolute Gasteiger partial charge is 0.0346 e. The molecule has 0 saturated heterocycles. The minimum absolute atomic E-state index is 0.0810. The predicted octanol–water partition coefficient (Wildman–Crippen LogP) is 2.21. The molecule has 0 atom stereocenters. The number of hydrogen-bond acceptors (Lipinski definition) is 2. The highest BCUT2D eigenvalue weighted by Gasteiger charge is 2.37. The Balaban J connectivity index is 2.01. The molecule has 3 N–H and O–H groups in total. The van der Waals surface area contributed by atoms with Crippen LogP contribution in [-0.2, 0) is 0 Å². The third kappa shape index (κ3) is 2.26. The number of nitrogens with two attached hydrogens (primary N) is 1. The molecule has 0 aromatic heterocycles. The van der Waals surface area contributed by atoms with Gasteiger partial charge in [-0.05, 0) is 49.9 Å². The minimum atomic E-state index is 0.0810. The largest absolute Gasteiger partial charge is 0.383 e. The first-order valence-corrected chi connectivity index (χ1v) is 5.18. The summed E-state index contributed by atoms with van der Waals surface area (Å²) in [6.07, 6.45) is 2.32. The van der Waals surface area contributed by atoms with Crippen molar-refractivity contribution in [3.05, 3.63) is 29.3 Å². The van der Waals surface area contributed by atoms with Gasteiger partial charge in [-0.15, -0.1) is 0 Å². The minimum Gasteiger partial charge on any atom is -0.383 e. The summed E-state index contributed by atoms with van der Waals surface area (Å²) in [6, 6.07) is 6.51. The lowest BCUT2D eigenvalue weighted by Crippen LogP contribution is -2.31. The van der Waals surface area contributed by atoms with Gasteiger partial charge in [0, 0.05) is 17.8 Å². The maximum Gasteiger partial charge on any atom is 0.0346 e. The predicted molar refractivity (Wildman–Crippen MR) is 60.6 cm³/mol. The number of nitrogens with one attached hydrogen (secondary N) is 1. The number of rotatable bonds is 3. The van der Waals surface area contributed by atoms with Crippen molar-refractivity contribution in [2.24, 2.45) is 5.73 Å². The molecular formula is C12H18N2. The zero-order chi connectivity index (χ0) is 10.2. The SMILES string of the molecule is Cc1cc(C)cc(NCC2(N)CC2)c1. The van der Waals surface area contributed by atoms with E-state index in [0.717, 1.165) is 19.4 Å². The molecule has 1 aromatic carbocycles. The maximum atomic E-state index is 6.01. The fourth-order valence-electron chi connectivity index (χ4n) is 1.69. The molecule has 0 bridgehead atoms. The van der Waals surface area contributed by atoms with Gasteiger partial charge in [-0.2, -0.15) is 0 Å². The van der Waals surface area contributed by atoms with Crippen LogP contribution >= 0.6 is 0 Å². The first-order valence-electron chi connectivity index (χ1n) is 5.18. The van der Waals surface area contributed by atoms with E-state index in [-0.39, 0.29) is 5.54 Å². The number of anilines is 1. The Kier molecular flexibility index (Phi) is 2.23. The van der Waals surface area contributed by atoms with E-state index in [2.05, 4.69) is 37.4 Å². The van der Waals surface area contributed by atoms with Crippen LogP contribution in [-0.4, -0.2) is 12.1 Å². The van der Waals surface area contributed by atoms with Crippen LogP contribution in [0.15, 0.2) is 18.2 Å². The molecule has 0 aliphatic heterocycles. The lowest BCUT2D eigenvalue weighted by atomic mass is 10.1. The van der Waals surface area contributed by atoms with E-state index in [1.165, 1.54) is 16.8 Å². The Hall–Kier alpha value is -1.02. The first-order chi connectivity index (χ1) is 6.57. The summed E-state index contributed by atoms with van der Waals surface area (Å²) in [5, 5.41) is 3.40. The summed E-state index contributed by atoms with van der Waals surface area (Å²) < 4.78 is 0. The third-order valence-corrected chi connectivity index (χ3v) is 2.76.